The standard InChI is InChI=1S/C32H27NO4/c1-21(19-30(34)35)33-32(36)26-17-13-24(14-18-26)23-11-15-25(16-12-23)31-27-9-5-6-10-28(27)37-29(31)20-22-7-3-2-4-8-22/h2-18,21H,19-20H2,1H3,(H,33,36)(H,34,35). The van der Waals surface area contributed by atoms with Crippen LogP contribution in [0.4, 0.5) is 0 Å². The Morgan fingerprint density at radius 3 is 2.05 bits per heavy atom. The van der Waals surface area contributed by atoms with Crippen LogP contribution < -0.4 is 5.32 Å². The molecule has 4 aromatic carbocycles. The van der Waals surface area contributed by atoms with E-state index in [9.17, 15) is 9.59 Å². The van der Waals surface area contributed by atoms with E-state index >= 15 is 0 Å². The van der Waals surface area contributed by atoms with Crippen molar-refractivity contribution in [3.8, 4) is 22.3 Å². The summed E-state index contributed by atoms with van der Waals surface area (Å²) >= 11 is 0. The lowest BCUT2D eigenvalue weighted by Crippen LogP contribution is -2.34. The number of carbonyl (C=O) groups excluding carboxylic acids is 1. The van der Waals surface area contributed by atoms with Crippen LogP contribution in [0.2, 0.25) is 0 Å². The number of carboxylic acid groups (broad SMARTS) is 1. The summed E-state index contributed by atoms with van der Waals surface area (Å²) < 4.78 is 6.29. The molecule has 1 unspecified atom stereocenters. The predicted molar refractivity (Wildman–Crippen MR) is 146 cm³/mol. The molecular weight excluding hydrogens is 462 g/mol. The summed E-state index contributed by atoms with van der Waals surface area (Å²) in [5, 5.41) is 12.7. The lowest BCUT2D eigenvalue weighted by Gasteiger charge is -2.12. The zero-order valence-corrected chi connectivity index (χ0v) is 20.5. The zero-order chi connectivity index (χ0) is 25.8. The summed E-state index contributed by atoms with van der Waals surface area (Å²) in [5.74, 6) is -0.289. The first kappa shape index (κ1) is 24.1. The van der Waals surface area contributed by atoms with Crippen molar-refractivity contribution in [2.45, 2.75) is 25.8 Å². The average molecular weight is 490 g/mol. The van der Waals surface area contributed by atoms with Crippen LogP contribution in [0.1, 0.15) is 35.0 Å². The monoisotopic (exact) mass is 489 g/mol. The smallest absolute Gasteiger partial charge is 0.305 e. The molecule has 1 amide bonds. The first-order valence-corrected chi connectivity index (χ1v) is 12.3. The van der Waals surface area contributed by atoms with Crippen molar-refractivity contribution in [3.05, 3.63) is 120 Å². The predicted octanol–water partition coefficient (Wildman–Crippen LogP) is 6.95. The third kappa shape index (κ3) is 5.46. The molecular formula is C32H27NO4. The number of fused-ring (bicyclic) bond motifs is 1. The normalized spacial score (nSPS) is 11.8. The zero-order valence-electron chi connectivity index (χ0n) is 20.5. The van der Waals surface area contributed by atoms with Gasteiger partial charge in [0.15, 0.2) is 0 Å². The Morgan fingerprint density at radius 2 is 1.38 bits per heavy atom. The molecule has 0 saturated carbocycles. The minimum absolute atomic E-state index is 0.116. The topological polar surface area (TPSA) is 79.5 Å². The lowest BCUT2D eigenvalue weighted by molar-refractivity contribution is -0.137. The highest BCUT2D eigenvalue weighted by Gasteiger charge is 2.17. The van der Waals surface area contributed by atoms with E-state index in [2.05, 4.69) is 47.8 Å². The number of furan rings is 1. The summed E-state index contributed by atoms with van der Waals surface area (Å²) in [6, 6.07) is 33.7. The summed E-state index contributed by atoms with van der Waals surface area (Å²) in [6.45, 7) is 1.68. The van der Waals surface area contributed by atoms with Crippen LogP contribution in [-0.4, -0.2) is 23.0 Å². The van der Waals surface area contributed by atoms with E-state index in [-0.39, 0.29) is 12.3 Å². The second-order valence-corrected chi connectivity index (χ2v) is 9.19. The second kappa shape index (κ2) is 10.5. The van der Waals surface area contributed by atoms with Gasteiger partial charge in [0, 0.05) is 29.0 Å². The van der Waals surface area contributed by atoms with Gasteiger partial charge in [-0.05, 0) is 47.4 Å². The maximum Gasteiger partial charge on any atom is 0.305 e. The molecule has 37 heavy (non-hydrogen) atoms. The molecule has 0 radical (unpaired) electrons. The summed E-state index contributed by atoms with van der Waals surface area (Å²) in [6.07, 6.45) is 0.594. The van der Waals surface area contributed by atoms with E-state index in [1.54, 1.807) is 19.1 Å². The van der Waals surface area contributed by atoms with Crippen LogP contribution in [0.3, 0.4) is 0 Å². The van der Waals surface area contributed by atoms with E-state index in [0.717, 1.165) is 39.0 Å². The van der Waals surface area contributed by atoms with Gasteiger partial charge in [0.25, 0.3) is 5.91 Å². The molecule has 2 N–H and O–H groups in total. The minimum Gasteiger partial charge on any atom is -0.481 e. The molecule has 184 valence electrons. The number of hydrogen-bond donors (Lipinski definition) is 2. The van der Waals surface area contributed by atoms with E-state index in [1.807, 2.05) is 48.5 Å². The minimum atomic E-state index is -0.942. The van der Waals surface area contributed by atoms with Crippen molar-refractivity contribution in [3.63, 3.8) is 0 Å². The van der Waals surface area contributed by atoms with Gasteiger partial charge < -0.3 is 14.8 Å². The summed E-state index contributed by atoms with van der Waals surface area (Å²) in [4.78, 5) is 23.3. The molecule has 0 spiro atoms. The van der Waals surface area contributed by atoms with E-state index in [0.29, 0.717) is 12.0 Å². The lowest BCUT2D eigenvalue weighted by atomic mass is 9.96. The maximum absolute atomic E-state index is 12.4. The second-order valence-electron chi connectivity index (χ2n) is 9.19. The van der Waals surface area contributed by atoms with Gasteiger partial charge in [0.1, 0.15) is 11.3 Å². The fourth-order valence-corrected chi connectivity index (χ4v) is 4.58. The number of hydrogen-bond acceptors (Lipinski definition) is 3. The molecule has 1 aromatic heterocycles. The van der Waals surface area contributed by atoms with E-state index < -0.39 is 12.0 Å². The van der Waals surface area contributed by atoms with Crippen LogP contribution >= 0.6 is 0 Å². The molecule has 5 rings (SSSR count). The van der Waals surface area contributed by atoms with E-state index in [1.165, 1.54) is 5.56 Å². The Balaban J connectivity index is 1.39. The Kier molecular flexibility index (Phi) is 6.86. The molecule has 5 nitrogen and oxygen atoms in total. The highest BCUT2D eigenvalue weighted by molar-refractivity contribution is 5.97. The molecule has 0 saturated heterocycles. The molecule has 0 fully saturated rings. The van der Waals surface area contributed by atoms with Crippen molar-refractivity contribution in [1.29, 1.82) is 0 Å². The van der Waals surface area contributed by atoms with Crippen molar-refractivity contribution < 1.29 is 19.1 Å². The Morgan fingerprint density at radius 1 is 0.784 bits per heavy atom. The SMILES string of the molecule is CC(CC(=O)O)NC(=O)c1ccc(-c2ccc(-c3c(Cc4ccccc4)oc4ccccc34)cc2)cc1. The van der Waals surface area contributed by atoms with Crippen LogP contribution in [0, 0.1) is 0 Å². The van der Waals surface area contributed by atoms with Gasteiger partial charge in [0.05, 0.1) is 6.42 Å². The molecule has 5 heteroatoms. The Hall–Kier alpha value is -4.64. The van der Waals surface area contributed by atoms with Gasteiger partial charge in [-0.2, -0.15) is 0 Å². The number of nitrogens with one attached hydrogen (secondary N) is 1. The van der Waals surface area contributed by atoms with Gasteiger partial charge in [-0.1, -0.05) is 84.9 Å². The van der Waals surface area contributed by atoms with Gasteiger partial charge in [0.2, 0.25) is 0 Å². The molecule has 0 aliphatic rings. The largest absolute Gasteiger partial charge is 0.481 e. The highest BCUT2D eigenvalue weighted by atomic mass is 16.4. The molecule has 1 atom stereocenters. The number of para-hydroxylation sites is 1. The number of carbonyl (C=O) groups is 2. The van der Waals surface area contributed by atoms with Crippen LogP contribution in [0.25, 0.3) is 33.2 Å². The van der Waals surface area contributed by atoms with Crippen molar-refractivity contribution in [2.24, 2.45) is 0 Å². The molecule has 0 aliphatic carbocycles. The highest BCUT2D eigenvalue weighted by Crippen LogP contribution is 2.37. The average Bonchev–Trinajstić information content (AvgIpc) is 3.26. The number of benzene rings is 4. The molecule has 0 aliphatic heterocycles. The fourth-order valence-electron chi connectivity index (χ4n) is 4.58. The number of carboxylic acids is 1. The van der Waals surface area contributed by atoms with Crippen molar-refractivity contribution in [2.75, 3.05) is 0 Å². The molecule has 5 aromatic rings. The summed E-state index contributed by atoms with van der Waals surface area (Å²) in [7, 11) is 0. The third-order valence-corrected chi connectivity index (χ3v) is 6.39. The summed E-state index contributed by atoms with van der Waals surface area (Å²) in [5.41, 5.74) is 6.78. The van der Waals surface area contributed by atoms with Crippen LogP contribution in [0.5, 0.6) is 0 Å². The third-order valence-electron chi connectivity index (χ3n) is 6.39. The van der Waals surface area contributed by atoms with Crippen LogP contribution in [0.15, 0.2) is 108 Å². The Labute approximate surface area is 215 Å². The number of rotatable bonds is 8. The van der Waals surface area contributed by atoms with Gasteiger partial charge in [-0.25, -0.2) is 0 Å². The van der Waals surface area contributed by atoms with Crippen molar-refractivity contribution in [1.82, 2.24) is 5.32 Å². The number of amides is 1. The fraction of sp³-hybridized carbons (Fsp3) is 0.125. The Bertz CT molecular complexity index is 1530. The molecule has 1 heterocycles. The van der Waals surface area contributed by atoms with Crippen LogP contribution in [-0.2, 0) is 11.2 Å². The first-order valence-electron chi connectivity index (χ1n) is 12.3. The molecule has 0 bridgehead atoms. The van der Waals surface area contributed by atoms with Gasteiger partial charge in [-0.3, -0.25) is 9.59 Å². The number of aliphatic carboxylic acids is 1. The quantitative estimate of drug-likeness (QED) is 0.247. The van der Waals surface area contributed by atoms with E-state index in [4.69, 9.17) is 9.52 Å². The van der Waals surface area contributed by atoms with Crippen molar-refractivity contribution >= 4 is 22.8 Å². The van der Waals surface area contributed by atoms with Gasteiger partial charge in [-0.15, -0.1) is 0 Å². The first-order chi connectivity index (χ1) is 18.0. The van der Waals surface area contributed by atoms with Gasteiger partial charge >= 0.3 is 5.97 Å². The maximum atomic E-state index is 12.4.